The summed E-state index contributed by atoms with van der Waals surface area (Å²) in [6, 6.07) is 26.8. The topological polar surface area (TPSA) is 122 Å². The minimum absolute atomic E-state index is 0.0849. The van der Waals surface area contributed by atoms with E-state index in [1.165, 1.54) is 24.6 Å². The van der Waals surface area contributed by atoms with Crippen molar-refractivity contribution in [2.75, 3.05) is 17.3 Å². The van der Waals surface area contributed by atoms with Crippen molar-refractivity contribution < 1.29 is 22.7 Å². The number of carbonyl (C=O) groups excluding carboxylic acids is 1. The van der Waals surface area contributed by atoms with E-state index in [4.69, 9.17) is 19.5 Å². The summed E-state index contributed by atoms with van der Waals surface area (Å²) in [7, 11) is -2.27. The molecule has 0 fully saturated rings. The Morgan fingerprint density at radius 3 is 2.13 bits per heavy atom. The molecule has 0 aliphatic carbocycles. The number of nitrogens with zero attached hydrogens (tertiary/aromatic N) is 3. The van der Waals surface area contributed by atoms with Gasteiger partial charge in [-0.25, -0.2) is 18.4 Å². The Morgan fingerprint density at radius 1 is 0.796 bits per heavy atom. The van der Waals surface area contributed by atoms with Crippen molar-refractivity contribution in [1.29, 1.82) is 0 Å². The van der Waals surface area contributed by atoms with E-state index in [-0.39, 0.29) is 15.7 Å². The Balaban J connectivity index is 1.25. The maximum absolute atomic E-state index is 13.1. The van der Waals surface area contributed by atoms with Gasteiger partial charge in [-0.2, -0.15) is 4.72 Å². The van der Waals surface area contributed by atoms with Crippen LogP contribution < -0.4 is 35.1 Å². The van der Waals surface area contributed by atoms with Gasteiger partial charge in [0.2, 0.25) is 15.9 Å². The second-order valence-corrected chi connectivity index (χ2v) is 17.6. The third-order valence-corrected chi connectivity index (χ3v) is 11.2. The van der Waals surface area contributed by atoms with E-state index in [0.29, 0.717) is 27.9 Å². The first-order valence-corrected chi connectivity index (χ1v) is 19.4. The quantitative estimate of drug-likeness (QED) is 0.169. The van der Waals surface area contributed by atoms with Gasteiger partial charge in [0.1, 0.15) is 16.8 Å². The molecule has 0 spiro atoms. The van der Waals surface area contributed by atoms with E-state index in [2.05, 4.69) is 68.6 Å². The largest absolute Gasteiger partial charge is 0.497 e. The maximum atomic E-state index is 13.1. The number of nitrogens with one attached hydrogen (secondary N) is 2. The Hall–Kier alpha value is -5.52. The zero-order chi connectivity index (χ0) is 38.7. The number of aryl methyl sites for hydroxylation is 1. The van der Waals surface area contributed by atoms with Crippen molar-refractivity contribution in [3.05, 3.63) is 118 Å². The molecule has 5 aromatic rings. The van der Waals surface area contributed by atoms with Crippen molar-refractivity contribution >= 4 is 50.1 Å². The third-order valence-electron chi connectivity index (χ3n) is 9.61. The minimum Gasteiger partial charge on any atom is -0.497 e. The SMILES string of the molecule is COc1ccc2c(c1)N(c1ccc(NC(=O)C(C)NS(=O)(=O)c3ccc(C)cc3)cc1)c1cc3c(cc1=N2)Oc1c(cc(C(C)(C)C)cc1C(C)(C)C)N=3. The molecule has 54 heavy (non-hydrogen) atoms. The van der Waals surface area contributed by atoms with Gasteiger partial charge in [0, 0.05) is 29.1 Å². The number of carbonyl (C=O) groups is 1. The van der Waals surface area contributed by atoms with Gasteiger partial charge in [-0.05, 0) is 90.9 Å². The molecule has 0 aromatic heterocycles. The molecule has 0 saturated heterocycles. The fraction of sp³-hybridized carbons (Fsp3) is 0.279. The molecular weight excluding hydrogens is 699 g/mol. The van der Waals surface area contributed by atoms with Gasteiger partial charge < -0.3 is 19.7 Å². The van der Waals surface area contributed by atoms with Crippen molar-refractivity contribution in [2.45, 2.75) is 77.2 Å². The van der Waals surface area contributed by atoms with Crippen LogP contribution in [0.15, 0.2) is 106 Å². The van der Waals surface area contributed by atoms with E-state index in [1.54, 1.807) is 31.4 Å². The molecule has 2 N–H and O–H groups in total. The Kier molecular flexibility index (Phi) is 9.14. The lowest BCUT2D eigenvalue weighted by atomic mass is 9.79. The van der Waals surface area contributed by atoms with E-state index in [0.717, 1.165) is 45.3 Å². The molecule has 2 heterocycles. The number of benzene rings is 5. The van der Waals surface area contributed by atoms with Gasteiger partial charge in [0.05, 0.1) is 40.5 Å². The standard InChI is InChI=1S/C43H45N5O5S/c1-25-10-17-31(18-11-25)54(50,51)47-26(2)41(49)44-28-12-14-29(15-13-28)48-37-22-30(52-9)16-19-33(37)45-34-24-39-35(23-38(34)48)46-36-21-27(42(3,4)5)20-32(40(36)53-39)43(6,7)8/h10-24,26,47H,1-9H3,(H,44,49). The molecule has 1 amide bonds. The van der Waals surface area contributed by atoms with Crippen LogP contribution in [0.1, 0.15) is 65.2 Å². The first-order valence-electron chi connectivity index (χ1n) is 17.9. The van der Waals surface area contributed by atoms with Crippen molar-refractivity contribution in [1.82, 2.24) is 4.72 Å². The van der Waals surface area contributed by atoms with E-state index >= 15 is 0 Å². The van der Waals surface area contributed by atoms with E-state index in [9.17, 15) is 13.2 Å². The Labute approximate surface area is 316 Å². The minimum atomic E-state index is -3.89. The first kappa shape index (κ1) is 36.8. The molecule has 2 aliphatic rings. The lowest BCUT2D eigenvalue weighted by Crippen LogP contribution is -2.41. The number of sulfonamides is 1. The predicted molar refractivity (Wildman–Crippen MR) is 213 cm³/mol. The Morgan fingerprint density at radius 2 is 1.48 bits per heavy atom. The number of methoxy groups -OCH3 is 1. The summed E-state index contributed by atoms with van der Waals surface area (Å²) in [6.07, 6.45) is 0. The lowest BCUT2D eigenvalue weighted by molar-refractivity contribution is -0.117. The summed E-state index contributed by atoms with van der Waals surface area (Å²) in [5.41, 5.74) is 7.40. The van der Waals surface area contributed by atoms with Gasteiger partial charge in [-0.1, -0.05) is 65.3 Å². The van der Waals surface area contributed by atoms with Gasteiger partial charge in [0.15, 0.2) is 11.5 Å². The number of hydrogen-bond acceptors (Lipinski definition) is 8. The van der Waals surface area contributed by atoms with Crippen molar-refractivity contribution in [3.8, 4) is 17.2 Å². The van der Waals surface area contributed by atoms with Crippen molar-refractivity contribution in [3.63, 3.8) is 0 Å². The highest BCUT2D eigenvalue weighted by Gasteiger charge is 2.30. The number of ether oxygens (including phenoxy) is 2. The fourth-order valence-electron chi connectivity index (χ4n) is 6.48. The smallest absolute Gasteiger partial charge is 0.242 e. The molecule has 0 radical (unpaired) electrons. The van der Waals surface area contributed by atoms with Gasteiger partial charge in [0.25, 0.3) is 0 Å². The van der Waals surface area contributed by atoms with Crippen LogP contribution in [-0.2, 0) is 25.6 Å². The summed E-state index contributed by atoms with van der Waals surface area (Å²) in [5.74, 6) is 1.57. The zero-order valence-electron chi connectivity index (χ0n) is 32.0. The van der Waals surface area contributed by atoms with Crippen LogP contribution in [-0.4, -0.2) is 27.5 Å². The second kappa shape index (κ2) is 13.4. The number of fused-ring (bicyclic) bond motifs is 4. The average Bonchev–Trinajstić information content (AvgIpc) is 3.11. The summed E-state index contributed by atoms with van der Waals surface area (Å²) in [6.45, 7) is 16.5. The molecule has 11 heteroatoms. The molecule has 7 rings (SSSR count). The molecule has 1 unspecified atom stereocenters. The molecule has 10 nitrogen and oxygen atoms in total. The highest BCUT2D eigenvalue weighted by molar-refractivity contribution is 7.89. The average molecular weight is 744 g/mol. The van der Waals surface area contributed by atoms with Crippen LogP contribution in [0, 0.1) is 6.92 Å². The van der Waals surface area contributed by atoms with Crippen LogP contribution in [0.5, 0.6) is 17.2 Å². The molecule has 5 aromatic carbocycles. The number of rotatable bonds is 7. The number of amides is 1. The molecule has 0 saturated carbocycles. The van der Waals surface area contributed by atoms with Crippen LogP contribution >= 0.6 is 0 Å². The lowest BCUT2D eigenvalue weighted by Gasteiger charge is -2.31. The normalized spacial score (nSPS) is 13.9. The molecule has 278 valence electrons. The third kappa shape index (κ3) is 7.09. The highest BCUT2D eigenvalue weighted by atomic mass is 32.2. The predicted octanol–water partition coefficient (Wildman–Crippen LogP) is 8.70. The van der Waals surface area contributed by atoms with Crippen LogP contribution in [0.3, 0.4) is 0 Å². The number of anilines is 4. The summed E-state index contributed by atoms with van der Waals surface area (Å²) in [5, 5.41) is 4.23. The first-order chi connectivity index (χ1) is 25.4. The highest BCUT2D eigenvalue weighted by Crippen LogP contribution is 2.47. The van der Waals surface area contributed by atoms with Gasteiger partial charge in [-0.3, -0.25) is 4.79 Å². The van der Waals surface area contributed by atoms with Gasteiger partial charge in [-0.15, -0.1) is 0 Å². The summed E-state index contributed by atoms with van der Waals surface area (Å²) >= 11 is 0. The second-order valence-electron chi connectivity index (χ2n) is 15.9. The molecule has 1 atom stereocenters. The summed E-state index contributed by atoms with van der Waals surface area (Å²) < 4.78 is 40.6. The van der Waals surface area contributed by atoms with Gasteiger partial charge >= 0.3 is 0 Å². The monoisotopic (exact) mass is 743 g/mol. The van der Waals surface area contributed by atoms with Crippen LogP contribution in [0.4, 0.5) is 34.1 Å². The molecular formula is C43H45N5O5S. The van der Waals surface area contributed by atoms with E-state index in [1.807, 2.05) is 49.4 Å². The maximum Gasteiger partial charge on any atom is 0.242 e. The summed E-state index contributed by atoms with van der Waals surface area (Å²) in [4.78, 5) is 25.5. The Bertz CT molecular complexity index is 2540. The van der Waals surface area contributed by atoms with E-state index < -0.39 is 22.0 Å². The number of hydrogen-bond donors (Lipinski definition) is 2. The molecule has 0 bridgehead atoms. The van der Waals surface area contributed by atoms with Crippen LogP contribution in [0.25, 0.3) is 0 Å². The van der Waals surface area contributed by atoms with Crippen molar-refractivity contribution in [2.24, 2.45) is 9.98 Å². The fourth-order valence-corrected chi connectivity index (χ4v) is 7.68. The molecule has 2 aliphatic heterocycles. The van der Waals surface area contributed by atoms with Crippen LogP contribution in [0.2, 0.25) is 0 Å². The zero-order valence-corrected chi connectivity index (χ0v) is 32.8.